The molecule has 1 fully saturated rings. The standard InChI is InChI=1S/C23H29ClN6O5S/c1-13(21-25-11-16(24)12-26-21)15(3)36(31,32)29-23-28-27-22(17-9-10-35-14(17)2)30(23)20-18(33-4)7-6-8-19(20)34-5/h6-8,11-15,17H,9-10H2,1-5H3,(H,28,29)/t13-,14+,15-,17+/m0/s1. The smallest absolute Gasteiger partial charge is 0.243 e. The Morgan fingerprint density at radius 2 is 1.78 bits per heavy atom. The van der Waals surface area contributed by atoms with Gasteiger partial charge in [0.05, 0.1) is 30.6 Å². The molecule has 4 atom stereocenters. The maximum Gasteiger partial charge on any atom is 0.243 e. The van der Waals surface area contributed by atoms with Crippen molar-refractivity contribution in [2.24, 2.45) is 0 Å². The van der Waals surface area contributed by atoms with Crippen molar-refractivity contribution in [3.8, 4) is 17.2 Å². The van der Waals surface area contributed by atoms with E-state index in [0.29, 0.717) is 46.9 Å². The minimum atomic E-state index is -3.96. The molecule has 3 heterocycles. The molecule has 36 heavy (non-hydrogen) atoms. The highest BCUT2D eigenvalue weighted by molar-refractivity contribution is 7.93. The predicted octanol–water partition coefficient (Wildman–Crippen LogP) is 3.55. The molecular formula is C23H29ClN6O5S. The van der Waals surface area contributed by atoms with Crippen LogP contribution < -0.4 is 14.2 Å². The Morgan fingerprint density at radius 3 is 2.33 bits per heavy atom. The second-order valence-corrected chi connectivity index (χ2v) is 11.1. The van der Waals surface area contributed by atoms with Crippen molar-refractivity contribution >= 4 is 27.6 Å². The minimum absolute atomic E-state index is 0.0166. The lowest BCUT2D eigenvalue weighted by atomic mass is 10.0. The molecule has 4 rings (SSSR count). The number of hydrogen-bond acceptors (Lipinski definition) is 9. The van der Waals surface area contributed by atoms with Gasteiger partial charge in [0.25, 0.3) is 0 Å². The van der Waals surface area contributed by atoms with Gasteiger partial charge < -0.3 is 14.2 Å². The molecule has 0 unspecified atom stereocenters. The number of ether oxygens (including phenoxy) is 3. The molecule has 1 aromatic carbocycles. The zero-order valence-corrected chi connectivity index (χ0v) is 22.2. The molecule has 1 aliphatic rings. The van der Waals surface area contributed by atoms with E-state index in [1.165, 1.54) is 26.6 Å². The SMILES string of the molecule is COc1cccc(OC)c1-n1c(NS(=O)(=O)[C@@H](C)[C@H](C)c2ncc(Cl)cn2)nnc1[C@@H]1CCO[C@@H]1C. The fourth-order valence-electron chi connectivity index (χ4n) is 4.20. The summed E-state index contributed by atoms with van der Waals surface area (Å²) < 4.78 is 48.3. The summed E-state index contributed by atoms with van der Waals surface area (Å²) in [4.78, 5) is 8.36. The summed E-state index contributed by atoms with van der Waals surface area (Å²) in [5.41, 5.74) is 0.487. The molecule has 11 nitrogen and oxygen atoms in total. The summed E-state index contributed by atoms with van der Waals surface area (Å²) in [5, 5.41) is 8.10. The number of rotatable bonds is 9. The Labute approximate surface area is 215 Å². The van der Waals surface area contributed by atoms with Crippen LogP contribution in [0.5, 0.6) is 11.5 Å². The largest absolute Gasteiger partial charge is 0.494 e. The third-order valence-electron chi connectivity index (χ3n) is 6.50. The van der Waals surface area contributed by atoms with Crippen molar-refractivity contribution in [3.05, 3.63) is 47.3 Å². The summed E-state index contributed by atoms with van der Waals surface area (Å²) in [7, 11) is -0.901. The highest BCUT2D eigenvalue weighted by atomic mass is 35.5. The van der Waals surface area contributed by atoms with Crippen molar-refractivity contribution in [1.82, 2.24) is 24.7 Å². The summed E-state index contributed by atoms with van der Waals surface area (Å²) >= 11 is 5.88. The Bertz CT molecular complexity index is 1290. The number of nitrogens with one attached hydrogen (secondary N) is 1. The van der Waals surface area contributed by atoms with Gasteiger partial charge in [-0.3, -0.25) is 9.29 Å². The molecule has 13 heteroatoms. The molecule has 3 aromatic rings. The zero-order valence-electron chi connectivity index (χ0n) is 20.7. The van der Waals surface area contributed by atoms with Crippen molar-refractivity contribution < 1.29 is 22.6 Å². The first-order valence-electron chi connectivity index (χ1n) is 11.4. The minimum Gasteiger partial charge on any atom is -0.494 e. The molecule has 0 saturated carbocycles. The lowest BCUT2D eigenvalue weighted by molar-refractivity contribution is 0.117. The molecule has 0 amide bonds. The van der Waals surface area contributed by atoms with Gasteiger partial charge in [0, 0.05) is 30.8 Å². The maximum atomic E-state index is 13.5. The Kier molecular flexibility index (Phi) is 7.67. The van der Waals surface area contributed by atoms with Crippen molar-refractivity contribution in [2.45, 2.75) is 50.4 Å². The average molecular weight is 537 g/mol. The van der Waals surface area contributed by atoms with Crippen molar-refractivity contribution in [3.63, 3.8) is 0 Å². The van der Waals surface area contributed by atoms with E-state index in [1.807, 2.05) is 6.92 Å². The summed E-state index contributed by atoms with van der Waals surface area (Å²) in [6.45, 7) is 5.85. The van der Waals surface area contributed by atoms with Crippen LogP contribution in [0.1, 0.15) is 50.7 Å². The lowest BCUT2D eigenvalue weighted by Gasteiger charge is -2.22. The number of anilines is 1. The molecule has 194 valence electrons. The first kappa shape index (κ1) is 26.1. The Balaban J connectivity index is 1.78. The number of nitrogens with zero attached hydrogens (tertiary/aromatic N) is 5. The molecule has 0 spiro atoms. The first-order chi connectivity index (χ1) is 17.2. The molecule has 0 radical (unpaired) electrons. The number of hydrogen-bond donors (Lipinski definition) is 1. The van der Waals surface area contributed by atoms with Crippen LogP contribution in [0.15, 0.2) is 30.6 Å². The van der Waals surface area contributed by atoms with Crippen LogP contribution in [0.2, 0.25) is 5.02 Å². The molecule has 1 aliphatic heterocycles. The van der Waals surface area contributed by atoms with E-state index >= 15 is 0 Å². The number of benzene rings is 1. The van der Waals surface area contributed by atoms with Gasteiger partial charge in [-0.05, 0) is 32.4 Å². The molecule has 1 saturated heterocycles. The maximum absolute atomic E-state index is 13.5. The van der Waals surface area contributed by atoms with Crippen LogP contribution in [0, 0.1) is 0 Å². The second kappa shape index (κ2) is 10.6. The van der Waals surface area contributed by atoms with E-state index in [0.717, 1.165) is 0 Å². The summed E-state index contributed by atoms with van der Waals surface area (Å²) in [6.07, 6.45) is 3.47. The highest BCUT2D eigenvalue weighted by Crippen LogP contribution is 2.40. The van der Waals surface area contributed by atoms with Crippen LogP contribution in [0.4, 0.5) is 5.95 Å². The van der Waals surface area contributed by atoms with Crippen LogP contribution in [-0.4, -0.2) is 65.3 Å². The van der Waals surface area contributed by atoms with E-state index in [4.69, 9.17) is 25.8 Å². The Morgan fingerprint density at radius 1 is 1.14 bits per heavy atom. The number of halogens is 1. The molecular weight excluding hydrogens is 508 g/mol. The fourth-order valence-corrected chi connectivity index (χ4v) is 5.53. The Hall–Kier alpha value is -2.96. The third-order valence-corrected chi connectivity index (χ3v) is 8.55. The summed E-state index contributed by atoms with van der Waals surface area (Å²) in [6, 6.07) is 5.31. The van der Waals surface area contributed by atoms with Crippen LogP contribution in [0.3, 0.4) is 0 Å². The number of aromatic nitrogens is 5. The van der Waals surface area contributed by atoms with Crippen LogP contribution >= 0.6 is 11.6 Å². The fraction of sp³-hybridized carbons (Fsp3) is 0.478. The average Bonchev–Trinajstić information content (AvgIpc) is 3.47. The van der Waals surface area contributed by atoms with Gasteiger partial charge in [0.15, 0.2) is 0 Å². The van der Waals surface area contributed by atoms with Gasteiger partial charge in [-0.1, -0.05) is 24.6 Å². The highest BCUT2D eigenvalue weighted by Gasteiger charge is 2.36. The zero-order chi connectivity index (χ0) is 26.0. The number of methoxy groups -OCH3 is 2. The monoisotopic (exact) mass is 536 g/mol. The van der Waals surface area contributed by atoms with E-state index in [1.54, 1.807) is 36.6 Å². The van der Waals surface area contributed by atoms with Gasteiger partial charge in [-0.25, -0.2) is 18.4 Å². The van der Waals surface area contributed by atoms with E-state index in [2.05, 4.69) is 24.9 Å². The summed E-state index contributed by atoms with van der Waals surface area (Å²) in [5.74, 6) is 1.23. The van der Waals surface area contributed by atoms with Crippen LogP contribution in [-0.2, 0) is 14.8 Å². The van der Waals surface area contributed by atoms with Crippen LogP contribution in [0.25, 0.3) is 5.69 Å². The van der Waals surface area contributed by atoms with Gasteiger partial charge in [-0.2, -0.15) is 0 Å². The van der Waals surface area contributed by atoms with E-state index < -0.39 is 21.2 Å². The number of sulfonamides is 1. The normalized spacial score (nSPS) is 19.6. The van der Waals surface area contributed by atoms with Gasteiger partial charge >= 0.3 is 0 Å². The molecule has 2 aromatic heterocycles. The quantitative estimate of drug-likeness (QED) is 0.436. The molecule has 0 aliphatic carbocycles. The molecule has 1 N–H and O–H groups in total. The molecule has 0 bridgehead atoms. The van der Waals surface area contributed by atoms with Gasteiger partial charge in [0.1, 0.15) is 28.8 Å². The first-order valence-corrected chi connectivity index (χ1v) is 13.4. The lowest BCUT2D eigenvalue weighted by Crippen LogP contribution is -2.31. The number of para-hydroxylation sites is 1. The predicted molar refractivity (Wildman–Crippen MR) is 135 cm³/mol. The van der Waals surface area contributed by atoms with E-state index in [9.17, 15) is 8.42 Å². The van der Waals surface area contributed by atoms with Gasteiger partial charge in [-0.15, -0.1) is 10.2 Å². The van der Waals surface area contributed by atoms with Gasteiger partial charge in [0.2, 0.25) is 16.0 Å². The van der Waals surface area contributed by atoms with Crippen molar-refractivity contribution in [1.29, 1.82) is 0 Å². The third kappa shape index (κ3) is 4.97. The van der Waals surface area contributed by atoms with E-state index in [-0.39, 0.29) is 18.0 Å². The topological polar surface area (TPSA) is 130 Å². The van der Waals surface area contributed by atoms with Crippen molar-refractivity contribution in [2.75, 3.05) is 25.5 Å². The second-order valence-electron chi connectivity index (χ2n) is 8.60.